The van der Waals surface area contributed by atoms with Gasteiger partial charge in [0, 0.05) is 10.0 Å². The molecule has 7 nitrogen and oxygen atoms in total. The third kappa shape index (κ3) is 7.45. The monoisotopic (exact) mass is 533 g/mol. The van der Waals surface area contributed by atoms with Gasteiger partial charge in [-0.2, -0.15) is 5.10 Å². The van der Waals surface area contributed by atoms with Gasteiger partial charge in [0.15, 0.2) is 0 Å². The van der Waals surface area contributed by atoms with Crippen LogP contribution in [0.15, 0.2) is 76.7 Å². The van der Waals surface area contributed by atoms with Gasteiger partial charge in [0.05, 0.1) is 23.4 Å². The van der Waals surface area contributed by atoms with Crippen molar-refractivity contribution in [3.05, 3.63) is 87.9 Å². The lowest BCUT2D eigenvalue weighted by molar-refractivity contribution is -0.119. The van der Waals surface area contributed by atoms with Crippen molar-refractivity contribution in [2.45, 2.75) is 25.2 Å². The Kier molecular flexibility index (Phi) is 9.14. The number of anilines is 1. The average molecular weight is 534 g/mol. The maximum atomic E-state index is 13.4. The van der Waals surface area contributed by atoms with Gasteiger partial charge in [0.2, 0.25) is 0 Å². The fourth-order valence-corrected chi connectivity index (χ4v) is 4.97. The van der Waals surface area contributed by atoms with Crippen LogP contribution in [-0.2, 0) is 14.8 Å². The highest BCUT2D eigenvalue weighted by Crippen LogP contribution is 2.29. The van der Waals surface area contributed by atoms with Gasteiger partial charge in [-0.3, -0.25) is 9.10 Å². The zero-order chi connectivity index (χ0) is 25.4. The van der Waals surface area contributed by atoms with Crippen LogP contribution >= 0.6 is 23.2 Å². The summed E-state index contributed by atoms with van der Waals surface area (Å²) in [5.41, 5.74) is 4.16. The van der Waals surface area contributed by atoms with Gasteiger partial charge in [-0.05, 0) is 73.5 Å². The van der Waals surface area contributed by atoms with Crippen LogP contribution < -0.4 is 14.5 Å². The van der Waals surface area contributed by atoms with Crippen LogP contribution in [0, 0.1) is 6.92 Å². The Hall–Kier alpha value is -3.07. The van der Waals surface area contributed by atoms with E-state index in [1.807, 2.05) is 13.8 Å². The number of carbonyl (C=O) groups excluding carboxylic acids is 1. The number of nitrogens with zero attached hydrogens (tertiary/aromatic N) is 2. The maximum absolute atomic E-state index is 13.4. The lowest BCUT2D eigenvalue weighted by Gasteiger charge is -2.24. The smallest absolute Gasteiger partial charge is 0.264 e. The highest BCUT2D eigenvalue weighted by Gasteiger charge is 2.27. The summed E-state index contributed by atoms with van der Waals surface area (Å²) in [6.45, 7) is 3.97. The number of hydrazone groups is 1. The third-order valence-corrected chi connectivity index (χ3v) is 7.01. The van der Waals surface area contributed by atoms with Crippen LogP contribution in [0.2, 0.25) is 10.0 Å². The number of amides is 1. The van der Waals surface area contributed by atoms with Crippen LogP contribution in [-0.4, -0.2) is 33.7 Å². The molecular weight excluding hydrogens is 509 g/mol. The second-order valence-electron chi connectivity index (χ2n) is 7.66. The lowest BCUT2D eigenvalue weighted by atomic mass is 10.2. The van der Waals surface area contributed by atoms with E-state index in [-0.39, 0.29) is 20.6 Å². The minimum atomic E-state index is -4.10. The first-order valence-electron chi connectivity index (χ1n) is 10.8. The molecule has 3 aromatic carbocycles. The van der Waals surface area contributed by atoms with Gasteiger partial charge in [-0.25, -0.2) is 13.8 Å². The van der Waals surface area contributed by atoms with Crippen LogP contribution in [0.3, 0.4) is 0 Å². The first kappa shape index (κ1) is 26.5. The zero-order valence-electron chi connectivity index (χ0n) is 19.2. The molecule has 0 heterocycles. The Morgan fingerprint density at radius 1 is 1.03 bits per heavy atom. The number of halogens is 2. The summed E-state index contributed by atoms with van der Waals surface area (Å²) < 4.78 is 33.3. The molecule has 3 aromatic rings. The third-order valence-electron chi connectivity index (χ3n) is 4.79. The first-order chi connectivity index (χ1) is 16.7. The largest absolute Gasteiger partial charge is 0.494 e. The van der Waals surface area contributed by atoms with Crippen molar-refractivity contribution in [3.63, 3.8) is 0 Å². The molecule has 0 aliphatic carbocycles. The fraction of sp³-hybridized carbons (Fsp3) is 0.200. The van der Waals surface area contributed by atoms with Crippen LogP contribution in [0.5, 0.6) is 5.75 Å². The minimum Gasteiger partial charge on any atom is -0.494 e. The second-order valence-corrected chi connectivity index (χ2v) is 10.4. The molecule has 184 valence electrons. The summed E-state index contributed by atoms with van der Waals surface area (Å²) in [7, 11) is -4.10. The average Bonchev–Trinajstić information content (AvgIpc) is 2.81. The van der Waals surface area contributed by atoms with Crippen molar-refractivity contribution in [1.82, 2.24) is 5.43 Å². The van der Waals surface area contributed by atoms with E-state index in [0.717, 1.165) is 27.6 Å². The molecular formula is C25H25Cl2N3O4S. The Bertz CT molecular complexity index is 1280. The van der Waals surface area contributed by atoms with E-state index < -0.39 is 22.5 Å². The molecule has 1 N–H and O–H groups in total. The molecule has 0 spiro atoms. The number of carbonyl (C=O) groups is 1. The number of rotatable bonds is 10. The van der Waals surface area contributed by atoms with Crippen molar-refractivity contribution in [2.24, 2.45) is 5.10 Å². The van der Waals surface area contributed by atoms with E-state index in [1.54, 1.807) is 36.4 Å². The van der Waals surface area contributed by atoms with E-state index in [2.05, 4.69) is 10.5 Å². The number of hydrogen-bond acceptors (Lipinski definition) is 5. The van der Waals surface area contributed by atoms with Gasteiger partial charge >= 0.3 is 0 Å². The molecule has 3 rings (SSSR count). The Balaban J connectivity index is 1.79. The van der Waals surface area contributed by atoms with Crippen molar-refractivity contribution in [2.75, 3.05) is 17.5 Å². The van der Waals surface area contributed by atoms with Crippen molar-refractivity contribution in [1.29, 1.82) is 0 Å². The topological polar surface area (TPSA) is 88.1 Å². The zero-order valence-corrected chi connectivity index (χ0v) is 21.6. The first-order valence-corrected chi connectivity index (χ1v) is 13.0. The van der Waals surface area contributed by atoms with Gasteiger partial charge in [0.25, 0.3) is 15.9 Å². The predicted octanol–water partition coefficient (Wildman–Crippen LogP) is 5.44. The molecule has 0 radical (unpaired) electrons. The van der Waals surface area contributed by atoms with Crippen LogP contribution in [0.25, 0.3) is 0 Å². The highest BCUT2D eigenvalue weighted by atomic mass is 35.5. The number of nitrogens with one attached hydrogen (secondary N) is 1. The quantitative estimate of drug-likeness (QED) is 0.277. The molecule has 0 saturated carbocycles. The molecule has 0 bridgehead atoms. The van der Waals surface area contributed by atoms with E-state index in [9.17, 15) is 13.2 Å². The summed E-state index contributed by atoms with van der Waals surface area (Å²) in [6, 6.07) is 17.8. The van der Waals surface area contributed by atoms with Gasteiger partial charge in [-0.15, -0.1) is 0 Å². The fourth-order valence-electron chi connectivity index (χ4n) is 3.05. The van der Waals surface area contributed by atoms with E-state index in [1.165, 1.54) is 36.5 Å². The number of sulfonamides is 1. The minimum absolute atomic E-state index is 0.0286. The van der Waals surface area contributed by atoms with Crippen LogP contribution in [0.4, 0.5) is 5.69 Å². The molecule has 35 heavy (non-hydrogen) atoms. The lowest BCUT2D eigenvalue weighted by Crippen LogP contribution is -2.39. The Labute approximate surface area is 215 Å². The summed E-state index contributed by atoms with van der Waals surface area (Å²) in [4.78, 5) is 12.7. The maximum Gasteiger partial charge on any atom is 0.264 e. The van der Waals surface area contributed by atoms with E-state index in [4.69, 9.17) is 27.9 Å². The summed E-state index contributed by atoms with van der Waals surface area (Å²) in [5, 5.41) is 4.42. The highest BCUT2D eigenvalue weighted by molar-refractivity contribution is 7.92. The normalized spacial score (nSPS) is 11.4. The summed E-state index contributed by atoms with van der Waals surface area (Å²) in [6.07, 6.45) is 2.36. The van der Waals surface area contributed by atoms with Gasteiger partial charge < -0.3 is 4.74 Å². The molecule has 0 aliphatic heterocycles. The SMILES string of the molecule is CCCOc1ccc(/C=N\NC(=O)CN(c2cc(Cl)cc(Cl)c2)S(=O)(=O)c2ccc(C)cc2)cc1. The Morgan fingerprint density at radius 2 is 1.66 bits per heavy atom. The molecule has 0 unspecified atom stereocenters. The second kappa shape index (κ2) is 12.1. The Morgan fingerprint density at radius 3 is 2.26 bits per heavy atom. The predicted molar refractivity (Wildman–Crippen MR) is 140 cm³/mol. The van der Waals surface area contributed by atoms with Crippen LogP contribution in [0.1, 0.15) is 24.5 Å². The molecule has 0 aromatic heterocycles. The van der Waals surface area contributed by atoms with Gasteiger partial charge in [-0.1, -0.05) is 47.8 Å². The molecule has 1 amide bonds. The number of aryl methyl sites for hydroxylation is 1. The van der Waals surface area contributed by atoms with Crippen molar-refractivity contribution in [3.8, 4) is 5.75 Å². The molecule has 0 fully saturated rings. The van der Waals surface area contributed by atoms with Gasteiger partial charge in [0.1, 0.15) is 12.3 Å². The van der Waals surface area contributed by atoms with Crippen molar-refractivity contribution >= 4 is 51.0 Å². The number of ether oxygens (including phenoxy) is 1. The molecule has 0 aliphatic rings. The molecule has 10 heteroatoms. The standard InChI is InChI=1S/C25H25Cl2N3O4S/c1-3-12-34-23-8-6-19(7-9-23)16-28-29-25(31)17-30(22-14-20(26)13-21(27)15-22)35(32,33)24-10-4-18(2)5-11-24/h4-11,13-16H,3,12,17H2,1-2H3,(H,29,31)/b28-16-. The van der Waals surface area contributed by atoms with Crippen molar-refractivity contribution < 1.29 is 17.9 Å². The van der Waals surface area contributed by atoms with E-state index >= 15 is 0 Å². The summed E-state index contributed by atoms with van der Waals surface area (Å²) >= 11 is 12.2. The number of hydrogen-bond donors (Lipinski definition) is 1. The van der Waals surface area contributed by atoms with E-state index in [0.29, 0.717) is 6.61 Å². The summed E-state index contributed by atoms with van der Waals surface area (Å²) in [5.74, 6) is 0.0982. The molecule has 0 saturated heterocycles. The number of benzene rings is 3. The molecule has 0 atom stereocenters.